The van der Waals surface area contributed by atoms with Crippen molar-refractivity contribution >= 4 is 52.3 Å². The van der Waals surface area contributed by atoms with Crippen molar-refractivity contribution in [2.75, 3.05) is 22.1 Å². The lowest BCUT2D eigenvalue weighted by Crippen LogP contribution is -2.63. The van der Waals surface area contributed by atoms with Crippen molar-refractivity contribution in [2.24, 2.45) is 0 Å². The molecule has 1 fully saturated rings. The van der Waals surface area contributed by atoms with Gasteiger partial charge in [-0.25, -0.2) is 0 Å². The number of hydrogen-bond acceptors (Lipinski definition) is 4. The summed E-state index contributed by atoms with van der Waals surface area (Å²) in [7, 11) is 0. The molecule has 2 heterocycles. The average Bonchev–Trinajstić information content (AvgIpc) is 3.03. The van der Waals surface area contributed by atoms with Gasteiger partial charge in [0.1, 0.15) is 12.2 Å². The largest absolute Gasteiger partial charge is 0.326 e. The molecule has 1 atom stereocenters. The van der Waals surface area contributed by atoms with Crippen LogP contribution in [0, 0.1) is 0 Å². The van der Waals surface area contributed by atoms with Crippen molar-refractivity contribution in [3.8, 4) is 0 Å². The van der Waals surface area contributed by atoms with E-state index < -0.39 is 11.6 Å². The normalized spacial score (nSPS) is 19.7. The summed E-state index contributed by atoms with van der Waals surface area (Å²) < 4.78 is 0. The lowest BCUT2D eigenvalue weighted by Gasteiger charge is -2.48. The van der Waals surface area contributed by atoms with Gasteiger partial charge < -0.3 is 15.5 Å². The summed E-state index contributed by atoms with van der Waals surface area (Å²) in [6.45, 7) is 2.92. The van der Waals surface area contributed by atoms with Gasteiger partial charge >= 0.3 is 0 Å². The van der Waals surface area contributed by atoms with Gasteiger partial charge in [0.2, 0.25) is 17.7 Å². The Morgan fingerprint density at radius 2 is 1.87 bits per heavy atom. The number of nitrogens with one attached hydrogen (secondary N) is 2. The first kappa shape index (κ1) is 20.9. The van der Waals surface area contributed by atoms with E-state index in [1.807, 2.05) is 0 Å². The molecule has 4 rings (SSSR count). The summed E-state index contributed by atoms with van der Waals surface area (Å²) >= 11 is 6.19. The van der Waals surface area contributed by atoms with Crippen LogP contribution in [0.5, 0.6) is 0 Å². The fourth-order valence-electron chi connectivity index (χ4n) is 4.18. The zero-order valence-corrected chi connectivity index (χ0v) is 17.8. The Kier molecular flexibility index (Phi) is 5.18. The van der Waals surface area contributed by atoms with Gasteiger partial charge in [0.25, 0.3) is 5.91 Å². The number of para-hydroxylation sites is 1. The summed E-state index contributed by atoms with van der Waals surface area (Å²) in [5.74, 6) is -1.11. The van der Waals surface area contributed by atoms with Gasteiger partial charge in [-0.1, -0.05) is 23.7 Å². The monoisotopic (exact) mass is 440 g/mol. The molecule has 31 heavy (non-hydrogen) atoms. The molecule has 1 unspecified atom stereocenters. The quantitative estimate of drug-likeness (QED) is 0.762. The molecule has 0 aliphatic carbocycles. The number of anilines is 3. The molecule has 9 heteroatoms. The van der Waals surface area contributed by atoms with Gasteiger partial charge in [0.05, 0.1) is 22.0 Å². The molecule has 4 amide bonds. The molecule has 0 saturated carbocycles. The average molecular weight is 441 g/mol. The van der Waals surface area contributed by atoms with Crippen molar-refractivity contribution in [3.63, 3.8) is 0 Å². The number of nitrogens with zero attached hydrogens (tertiary/aromatic N) is 2. The molecule has 2 aromatic carbocycles. The minimum absolute atomic E-state index is 0.0843. The van der Waals surface area contributed by atoms with E-state index in [4.69, 9.17) is 11.6 Å². The summed E-state index contributed by atoms with van der Waals surface area (Å²) in [6, 6.07) is 11.6. The van der Waals surface area contributed by atoms with Crippen LogP contribution < -0.4 is 15.5 Å². The summed E-state index contributed by atoms with van der Waals surface area (Å²) in [5.41, 5.74) is 0.817. The highest BCUT2D eigenvalue weighted by molar-refractivity contribution is 6.34. The van der Waals surface area contributed by atoms with E-state index in [1.54, 1.807) is 54.3 Å². The number of benzene rings is 2. The van der Waals surface area contributed by atoms with Gasteiger partial charge in [-0.2, -0.15) is 0 Å². The fraction of sp³-hybridized carbons (Fsp3) is 0.273. The van der Waals surface area contributed by atoms with E-state index in [0.29, 0.717) is 40.5 Å². The second kappa shape index (κ2) is 7.70. The van der Waals surface area contributed by atoms with E-state index in [1.165, 1.54) is 11.8 Å². The molecule has 8 nitrogen and oxygen atoms in total. The zero-order valence-electron chi connectivity index (χ0n) is 17.1. The highest BCUT2D eigenvalue weighted by atomic mass is 35.5. The summed E-state index contributed by atoms with van der Waals surface area (Å²) in [6.07, 6.45) is 0.721. The van der Waals surface area contributed by atoms with Crippen LogP contribution in [0.25, 0.3) is 0 Å². The molecular weight excluding hydrogens is 420 g/mol. The topological polar surface area (TPSA) is 98.8 Å². The Balaban J connectivity index is 1.61. The molecule has 0 radical (unpaired) electrons. The Hall–Kier alpha value is -3.39. The lowest BCUT2D eigenvalue weighted by molar-refractivity contribution is -0.120. The third kappa shape index (κ3) is 3.63. The van der Waals surface area contributed by atoms with E-state index in [9.17, 15) is 19.2 Å². The number of amides is 4. The van der Waals surface area contributed by atoms with Gasteiger partial charge in [0.15, 0.2) is 0 Å². The molecule has 2 aliphatic rings. The smallest absolute Gasteiger partial charge is 0.258 e. The van der Waals surface area contributed by atoms with Crippen molar-refractivity contribution < 1.29 is 19.2 Å². The van der Waals surface area contributed by atoms with Crippen LogP contribution in [0.3, 0.4) is 0 Å². The van der Waals surface area contributed by atoms with Crippen LogP contribution in [-0.4, -0.2) is 40.7 Å². The van der Waals surface area contributed by atoms with Crippen LogP contribution >= 0.6 is 11.6 Å². The van der Waals surface area contributed by atoms with Crippen molar-refractivity contribution in [2.45, 2.75) is 32.4 Å². The predicted molar refractivity (Wildman–Crippen MR) is 117 cm³/mol. The second-order valence-corrected chi connectivity index (χ2v) is 8.19. The first-order valence-electron chi connectivity index (χ1n) is 9.82. The maximum absolute atomic E-state index is 13.2. The van der Waals surface area contributed by atoms with Gasteiger partial charge in [-0.05, 0) is 43.7 Å². The molecule has 0 spiro atoms. The number of carbonyl (C=O) groups excluding carboxylic acids is 4. The predicted octanol–water partition coefficient (Wildman–Crippen LogP) is 3.24. The third-order valence-corrected chi connectivity index (χ3v) is 5.94. The van der Waals surface area contributed by atoms with Gasteiger partial charge in [-0.15, -0.1) is 0 Å². The van der Waals surface area contributed by atoms with Crippen LogP contribution in [0.2, 0.25) is 5.02 Å². The number of halogens is 1. The number of hydrogen-bond donors (Lipinski definition) is 2. The first-order chi connectivity index (χ1) is 14.7. The Morgan fingerprint density at radius 3 is 2.61 bits per heavy atom. The first-order valence-corrected chi connectivity index (χ1v) is 10.2. The number of fused-ring (bicyclic) bond motifs is 3. The Bertz CT molecular complexity index is 1120. The van der Waals surface area contributed by atoms with Crippen LogP contribution in [0.15, 0.2) is 42.5 Å². The molecule has 2 aliphatic heterocycles. The Labute approximate surface area is 184 Å². The minimum Gasteiger partial charge on any atom is -0.326 e. The number of rotatable bonds is 4. The maximum Gasteiger partial charge on any atom is 0.258 e. The van der Waals surface area contributed by atoms with E-state index >= 15 is 0 Å². The highest BCUT2D eigenvalue weighted by Crippen LogP contribution is 2.43. The summed E-state index contributed by atoms with van der Waals surface area (Å²) in [5, 5.41) is 5.63. The van der Waals surface area contributed by atoms with Crippen molar-refractivity contribution in [1.82, 2.24) is 4.90 Å². The minimum atomic E-state index is -0.929. The summed E-state index contributed by atoms with van der Waals surface area (Å²) in [4.78, 5) is 53.1. The molecule has 0 aromatic heterocycles. The maximum atomic E-state index is 13.2. The van der Waals surface area contributed by atoms with Crippen molar-refractivity contribution in [1.29, 1.82) is 0 Å². The molecular formula is C22H21ClN4O4. The standard InChI is InChI=1S/C22H21ClN4O4/c1-13(28)24-14-7-8-16(23)17(11-14)25-19(29)12-26-21(31)15-5-3-4-6-18(15)27-20(30)9-10-22(26,27)2/h3-8,11H,9-10,12H2,1-2H3,(H,24,28)(H,25,29). The molecule has 2 aromatic rings. The molecule has 0 bridgehead atoms. The van der Waals surface area contributed by atoms with Gasteiger partial charge in [-0.3, -0.25) is 24.1 Å². The van der Waals surface area contributed by atoms with Crippen molar-refractivity contribution in [3.05, 3.63) is 53.1 Å². The highest BCUT2D eigenvalue weighted by Gasteiger charge is 2.53. The number of carbonyl (C=O) groups is 4. The third-order valence-electron chi connectivity index (χ3n) is 5.61. The lowest BCUT2D eigenvalue weighted by atomic mass is 9.98. The van der Waals surface area contributed by atoms with Crippen LogP contribution in [0.1, 0.15) is 37.0 Å². The molecule has 2 N–H and O–H groups in total. The zero-order chi connectivity index (χ0) is 22.3. The van der Waals surface area contributed by atoms with Crippen LogP contribution in [0.4, 0.5) is 17.1 Å². The van der Waals surface area contributed by atoms with Crippen LogP contribution in [-0.2, 0) is 14.4 Å². The van der Waals surface area contributed by atoms with E-state index in [2.05, 4.69) is 10.6 Å². The van der Waals surface area contributed by atoms with E-state index in [-0.39, 0.29) is 24.3 Å². The molecule has 160 valence electrons. The molecule has 1 saturated heterocycles. The Morgan fingerprint density at radius 1 is 1.13 bits per heavy atom. The van der Waals surface area contributed by atoms with E-state index in [0.717, 1.165) is 0 Å². The fourth-order valence-corrected chi connectivity index (χ4v) is 4.34. The van der Waals surface area contributed by atoms with Gasteiger partial charge in [0, 0.05) is 19.0 Å². The second-order valence-electron chi connectivity index (χ2n) is 7.78. The SMILES string of the molecule is CC(=O)Nc1ccc(Cl)c(NC(=O)CN2C(=O)c3ccccc3N3C(=O)CCC23C)c1.